The average Bonchev–Trinajstić information content (AvgIpc) is 2.48. The molecular weight excluding hydrogens is 335 g/mol. The van der Waals surface area contributed by atoms with Gasteiger partial charge in [-0.25, -0.2) is 0 Å². The smallest absolute Gasteiger partial charge is 0.260 e. The molecule has 0 unspecified atom stereocenters. The van der Waals surface area contributed by atoms with E-state index in [1.807, 2.05) is 11.9 Å². The van der Waals surface area contributed by atoms with Gasteiger partial charge in [-0.2, -0.15) is 0 Å². The van der Waals surface area contributed by atoms with Gasteiger partial charge in [0.1, 0.15) is 5.75 Å². The number of halogens is 3. The largest absolute Gasteiger partial charge is 0.482 e. The van der Waals surface area contributed by atoms with Crippen molar-refractivity contribution in [2.75, 3.05) is 26.7 Å². The van der Waals surface area contributed by atoms with Crippen molar-refractivity contribution in [3.8, 4) is 5.75 Å². The minimum Gasteiger partial charge on any atom is -0.482 e. The van der Waals surface area contributed by atoms with Gasteiger partial charge in [-0.05, 0) is 32.0 Å². The van der Waals surface area contributed by atoms with Crippen molar-refractivity contribution < 1.29 is 9.53 Å². The van der Waals surface area contributed by atoms with Crippen LogP contribution >= 0.6 is 35.6 Å². The van der Waals surface area contributed by atoms with E-state index in [1.54, 1.807) is 18.2 Å². The molecule has 1 saturated heterocycles. The molecule has 0 aliphatic carbocycles. The van der Waals surface area contributed by atoms with Crippen LogP contribution in [0.25, 0.3) is 0 Å². The summed E-state index contributed by atoms with van der Waals surface area (Å²) in [4.78, 5) is 13.9. The van der Waals surface area contributed by atoms with Crippen molar-refractivity contribution in [2.45, 2.75) is 18.9 Å². The normalized spacial score (nSPS) is 15.5. The van der Waals surface area contributed by atoms with Crippen LogP contribution in [0.3, 0.4) is 0 Å². The number of hydrogen-bond acceptors (Lipinski definition) is 3. The molecule has 1 fully saturated rings. The number of ether oxygens (including phenoxy) is 1. The van der Waals surface area contributed by atoms with Crippen molar-refractivity contribution in [1.29, 1.82) is 0 Å². The van der Waals surface area contributed by atoms with E-state index >= 15 is 0 Å². The molecule has 0 bridgehead atoms. The lowest BCUT2D eigenvalue weighted by atomic mass is 10.1. The van der Waals surface area contributed by atoms with Crippen molar-refractivity contribution in [3.63, 3.8) is 0 Å². The second-order valence-electron chi connectivity index (χ2n) is 4.81. The molecular formula is C14H19Cl3N2O2. The second kappa shape index (κ2) is 8.69. The van der Waals surface area contributed by atoms with E-state index in [4.69, 9.17) is 27.9 Å². The molecule has 0 atom stereocenters. The highest BCUT2D eigenvalue weighted by molar-refractivity contribution is 6.34. The van der Waals surface area contributed by atoms with E-state index in [1.165, 1.54) is 0 Å². The number of amides is 1. The highest BCUT2D eigenvalue weighted by Crippen LogP contribution is 2.27. The van der Waals surface area contributed by atoms with Crippen molar-refractivity contribution in [1.82, 2.24) is 10.2 Å². The van der Waals surface area contributed by atoms with Gasteiger partial charge in [-0.3, -0.25) is 4.79 Å². The number of hydrogen-bond donors (Lipinski definition) is 1. The molecule has 2 rings (SSSR count). The van der Waals surface area contributed by atoms with Crippen LogP contribution in [-0.2, 0) is 4.79 Å². The van der Waals surface area contributed by atoms with E-state index in [2.05, 4.69) is 5.32 Å². The Hall–Kier alpha value is -0.680. The minimum atomic E-state index is -0.0180. The second-order valence-corrected chi connectivity index (χ2v) is 5.65. The zero-order chi connectivity index (χ0) is 14.5. The number of rotatable bonds is 4. The van der Waals surface area contributed by atoms with Gasteiger partial charge in [0.2, 0.25) is 0 Å². The third-order valence-corrected chi connectivity index (χ3v) is 4.05. The van der Waals surface area contributed by atoms with Crippen LogP contribution < -0.4 is 10.1 Å². The number of nitrogens with one attached hydrogen (secondary N) is 1. The first-order valence-electron chi connectivity index (χ1n) is 6.63. The predicted molar refractivity (Wildman–Crippen MR) is 87.9 cm³/mol. The number of carbonyl (C=O) groups is 1. The monoisotopic (exact) mass is 352 g/mol. The summed E-state index contributed by atoms with van der Waals surface area (Å²) in [6.45, 7) is 1.51. The summed E-state index contributed by atoms with van der Waals surface area (Å²) in [7, 11) is 1.95. The summed E-state index contributed by atoms with van der Waals surface area (Å²) in [5.74, 6) is 0.424. The zero-order valence-electron chi connectivity index (χ0n) is 11.8. The quantitative estimate of drug-likeness (QED) is 0.905. The van der Waals surface area contributed by atoms with Crippen LogP contribution in [0.15, 0.2) is 18.2 Å². The molecule has 1 aliphatic rings. The topological polar surface area (TPSA) is 41.6 Å². The molecule has 0 radical (unpaired) electrons. The summed E-state index contributed by atoms with van der Waals surface area (Å²) in [6.07, 6.45) is 1.94. The van der Waals surface area contributed by atoms with Crippen LogP contribution in [-0.4, -0.2) is 43.6 Å². The van der Waals surface area contributed by atoms with Crippen LogP contribution in [0.1, 0.15) is 12.8 Å². The van der Waals surface area contributed by atoms with Gasteiger partial charge in [-0.1, -0.05) is 23.2 Å². The molecule has 4 nitrogen and oxygen atoms in total. The maximum atomic E-state index is 12.1. The summed E-state index contributed by atoms with van der Waals surface area (Å²) in [6, 6.07) is 5.45. The molecule has 0 aromatic heterocycles. The predicted octanol–water partition coefficient (Wildman–Crippen LogP) is 3.00. The Kier molecular flexibility index (Phi) is 7.60. The van der Waals surface area contributed by atoms with E-state index in [0.29, 0.717) is 21.8 Å². The zero-order valence-corrected chi connectivity index (χ0v) is 14.1. The lowest BCUT2D eigenvalue weighted by Gasteiger charge is -2.31. The molecule has 21 heavy (non-hydrogen) atoms. The van der Waals surface area contributed by atoms with E-state index in [-0.39, 0.29) is 24.9 Å². The fraction of sp³-hybridized carbons (Fsp3) is 0.500. The van der Waals surface area contributed by atoms with Gasteiger partial charge in [0, 0.05) is 30.2 Å². The van der Waals surface area contributed by atoms with Gasteiger partial charge in [0.25, 0.3) is 5.91 Å². The molecule has 1 aromatic carbocycles. The number of nitrogens with zero attached hydrogens (tertiary/aromatic N) is 1. The molecule has 118 valence electrons. The van der Waals surface area contributed by atoms with Gasteiger partial charge < -0.3 is 15.0 Å². The maximum Gasteiger partial charge on any atom is 0.260 e. The van der Waals surface area contributed by atoms with E-state index < -0.39 is 0 Å². The summed E-state index contributed by atoms with van der Waals surface area (Å²) >= 11 is 11.9. The first-order chi connectivity index (χ1) is 9.60. The van der Waals surface area contributed by atoms with Crippen LogP contribution in [0.5, 0.6) is 5.75 Å². The number of benzene rings is 1. The van der Waals surface area contributed by atoms with Crippen LogP contribution in [0, 0.1) is 0 Å². The van der Waals surface area contributed by atoms with Gasteiger partial charge in [0.15, 0.2) is 6.61 Å². The number of piperidine rings is 1. The molecule has 0 saturated carbocycles. The average molecular weight is 354 g/mol. The summed E-state index contributed by atoms with van der Waals surface area (Å²) < 4.78 is 5.46. The first-order valence-corrected chi connectivity index (χ1v) is 7.38. The molecule has 0 spiro atoms. The molecule has 7 heteroatoms. The van der Waals surface area contributed by atoms with Crippen molar-refractivity contribution >= 4 is 41.5 Å². The third kappa shape index (κ3) is 5.22. The third-order valence-electron chi connectivity index (χ3n) is 3.50. The molecule has 1 aliphatic heterocycles. The Labute approximate surface area is 141 Å². The summed E-state index contributed by atoms with van der Waals surface area (Å²) in [5, 5.41) is 4.22. The fourth-order valence-electron chi connectivity index (χ4n) is 2.24. The minimum absolute atomic E-state index is 0. The Morgan fingerprint density at radius 3 is 2.67 bits per heavy atom. The fourth-order valence-corrected chi connectivity index (χ4v) is 2.57. The van der Waals surface area contributed by atoms with Gasteiger partial charge >= 0.3 is 0 Å². The molecule has 1 N–H and O–H groups in total. The molecule has 1 aromatic rings. The Morgan fingerprint density at radius 1 is 1.38 bits per heavy atom. The lowest BCUT2D eigenvalue weighted by molar-refractivity contribution is -0.134. The highest BCUT2D eigenvalue weighted by atomic mass is 35.5. The van der Waals surface area contributed by atoms with Gasteiger partial charge in [0.05, 0.1) is 5.02 Å². The van der Waals surface area contributed by atoms with Crippen molar-refractivity contribution in [2.24, 2.45) is 0 Å². The van der Waals surface area contributed by atoms with E-state index in [9.17, 15) is 4.79 Å². The first kappa shape index (κ1) is 18.4. The Morgan fingerprint density at radius 2 is 2.05 bits per heavy atom. The van der Waals surface area contributed by atoms with E-state index in [0.717, 1.165) is 25.9 Å². The SMILES string of the molecule is CNC1CCN(C(=O)COc2cc(Cl)ccc2Cl)CC1.Cl. The molecule has 1 amide bonds. The van der Waals surface area contributed by atoms with Crippen LogP contribution in [0.2, 0.25) is 10.0 Å². The number of likely N-dealkylation sites (tertiary alicyclic amines) is 1. The van der Waals surface area contributed by atoms with Gasteiger partial charge in [-0.15, -0.1) is 12.4 Å². The lowest BCUT2D eigenvalue weighted by Crippen LogP contribution is -2.45. The van der Waals surface area contributed by atoms with Crippen LogP contribution in [0.4, 0.5) is 0 Å². The summed E-state index contributed by atoms with van der Waals surface area (Å²) in [5.41, 5.74) is 0. The standard InChI is InChI=1S/C14H18Cl2N2O2.ClH/c1-17-11-4-6-18(7-5-11)14(19)9-20-13-8-10(15)2-3-12(13)16;/h2-3,8,11,17H,4-7,9H2,1H3;1H. The Bertz CT molecular complexity index is 477. The maximum absolute atomic E-state index is 12.1. The Balaban J connectivity index is 0.00000220. The number of carbonyl (C=O) groups excluding carboxylic acids is 1. The highest BCUT2D eigenvalue weighted by Gasteiger charge is 2.22. The molecule has 1 heterocycles. The van der Waals surface area contributed by atoms with Crippen molar-refractivity contribution in [3.05, 3.63) is 28.2 Å².